The van der Waals surface area contributed by atoms with Crippen LogP contribution in [-0.4, -0.2) is 17.4 Å². The standard InChI is InChI=1S/C12H13Br2FO2/c1-3-17-12(16)10(14)6-8-5-9(13)11(15)4-7(8)2/h4-5,10H,3,6H2,1-2H3. The maximum absolute atomic E-state index is 13.2. The van der Waals surface area contributed by atoms with Crippen LogP contribution in [0.15, 0.2) is 16.6 Å². The molecule has 0 spiro atoms. The molecule has 1 aromatic rings. The number of carbonyl (C=O) groups excluding carboxylic acids is 1. The van der Waals surface area contributed by atoms with Crippen LogP contribution in [0.3, 0.4) is 0 Å². The molecule has 1 atom stereocenters. The molecule has 1 rings (SSSR count). The van der Waals surface area contributed by atoms with E-state index in [1.54, 1.807) is 13.0 Å². The smallest absolute Gasteiger partial charge is 0.320 e. The van der Waals surface area contributed by atoms with Crippen molar-refractivity contribution in [3.05, 3.63) is 33.5 Å². The summed E-state index contributed by atoms with van der Waals surface area (Å²) in [6.45, 7) is 3.93. The lowest BCUT2D eigenvalue weighted by Crippen LogP contribution is -2.20. The van der Waals surface area contributed by atoms with E-state index in [9.17, 15) is 9.18 Å². The number of alkyl halides is 1. The molecule has 1 aromatic carbocycles. The molecule has 0 amide bonds. The van der Waals surface area contributed by atoms with E-state index in [0.717, 1.165) is 11.1 Å². The first-order chi connectivity index (χ1) is 7.95. The summed E-state index contributed by atoms with van der Waals surface area (Å²) in [6, 6.07) is 3.14. The Bertz CT molecular complexity index is 421. The molecular weight excluding hydrogens is 355 g/mol. The highest BCUT2D eigenvalue weighted by atomic mass is 79.9. The topological polar surface area (TPSA) is 26.3 Å². The van der Waals surface area contributed by atoms with Gasteiger partial charge < -0.3 is 4.74 Å². The van der Waals surface area contributed by atoms with Gasteiger partial charge >= 0.3 is 5.97 Å². The molecule has 0 bridgehead atoms. The van der Waals surface area contributed by atoms with Gasteiger partial charge in [0.2, 0.25) is 0 Å². The van der Waals surface area contributed by atoms with Gasteiger partial charge in [-0.1, -0.05) is 15.9 Å². The number of rotatable bonds is 4. The van der Waals surface area contributed by atoms with E-state index in [-0.39, 0.29) is 11.8 Å². The fraction of sp³-hybridized carbons (Fsp3) is 0.417. The molecule has 0 radical (unpaired) electrons. The zero-order valence-electron chi connectivity index (χ0n) is 9.60. The van der Waals surface area contributed by atoms with Crippen LogP contribution in [0.5, 0.6) is 0 Å². The minimum atomic E-state index is -0.404. The molecular formula is C12H13Br2FO2. The number of ether oxygens (including phenoxy) is 1. The van der Waals surface area contributed by atoms with Gasteiger partial charge in [0.15, 0.2) is 0 Å². The molecule has 0 saturated heterocycles. The SMILES string of the molecule is CCOC(=O)C(Br)Cc1cc(Br)c(F)cc1C. The van der Waals surface area contributed by atoms with Crippen LogP contribution in [-0.2, 0) is 16.0 Å². The molecule has 0 aromatic heterocycles. The zero-order chi connectivity index (χ0) is 13.0. The molecule has 0 N–H and O–H groups in total. The van der Waals surface area contributed by atoms with Crippen molar-refractivity contribution in [3.8, 4) is 0 Å². The predicted molar refractivity (Wildman–Crippen MR) is 71.9 cm³/mol. The number of carbonyl (C=O) groups is 1. The lowest BCUT2D eigenvalue weighted by atomic mass is 10.0. The molecule has 0 saturated carbocycles. The van der Waals surface area contributed by atoms with Crippen LogP contribution in [0.4, 0.5) is 4.39 Å². The number of halogens is 3. The zero-order valence-corrected chi connectivity index (χ0v) is 12.8. The van der Waals surface area contributed by atoms with Gasteiger partial charge in [0.05, 0.1) is 11.1 Å². The van der Waals surface area contributed by atoms with E-state index in [4.69, 9.17) is 4.74 Å². The van der Waals surface area contributed by atoms with Crippen LogP contribution >= 0.6 is 31.9 Å². The Morgan fingerprint density at radius 1 is 1.53 bits per heavy atom. The van der Waals surface area contributed by atoms with Crippen LogP contribution in [0.25, 0.3) is 0 Å². The fourth-order valence-corrected chi connectivity index (χ4v) is 2.29. The summed E-state index contributed by atoms with van der Waals surface area (Å²) in [5.41, 5.74) is 1.73. The van der Waals surface area contributed by atoms with Crippen molar-refractivity contribution in [1.29, 1.82) is 0 Å². The van der Waals surface area contributed by atoms with Crippen LogP contribution < -0.4 is 0 Å². The van der Waals surface area contributed by atoms with Gasteiger partial charge in [-0.05, 0) is 59.5 Å². The van der Waals surface area contributed by atoms with Gasteiger partial charge in [0, 0.05) is 0 Å². The lowest BCUT2D eigenvalue weighted by molar-refractivity contribution is -0.142. The van der Waals surface area contributed by atoms with E-state index < -0.39 is 4.83 Å². The highest BCUT2D eigenvalue weighted by Crippen LogP contribution is 2.23. The first-order valence-corrected chi connectivity index (χ1v) is 6.91. The number of hydrogen-bond donors (Lipinski definition) is 0. The molecule has 0 aliphatic rings. The van der Waals surface area contributed by atoms with E-state index in [2.05, 4.69) is 31.9 Å². The van der Waals surface area contributed by atoms with Gasteiger partial charge in [-0.15, -0.1) is 0 Å². The van der Waals surface area contributed by atoms with Crippen molar-refractivity contribution in [2.24, 2.45) is 0 Å². The predicted octanol–water partition coefficient (Wildman–Crippen LogP) is 3.77. The Morgan fingerprint density at radius 3 is 2.76 bits per heavy atom. The Balaban J connectivity index is 2.81. The third-order valence-electron chi connectivity index (χ3n) is 2.32. The van der Waals surface area contributed by atoms with E-state index in [1.165, 1.54) is 6.07 Å². The minimum absolute atomic E-state index is 0.298. The first-order valence-electron chi connectivity index (χ1n) is 5.21. The minimum Gasteiger partial charge on any atom is -0.465 e. The monoisotopic (exact) mass is 366 g/mol. The summed E-state index contributed by atoms with van der Waals surface area (Å²) >= 11 is 6.41. The normalized spacial score (nSPS) is 12.3. The van der Waals surface area contributed by atoms with Gasteiger partial charge in [-0.25, -0.2) is 4.39 Å². The molecule has 5 heteroatoms. The van der Waals surface area contributed by atoms with E-state index in [0.29, 0.717) is 17.5 Å². The van der Waals surface area contributed by atoms with Crippen molar-refractivity contribution in [1.82, 2.24) is 0 Å². The summed E-state index contributed by atoms with van der Waals surface area (Å²) in [5.74, 6) is -0.596. The second-order valence-corrected chi connectivity index (χ2v) is 5.58. The molecule has 2 nitrogen and oxygen atoms in total. The molecule has 0 heterocycles. The highest BCUT2D eigenvalue weighted by Gasteiger charge is 2.18. The highest BCUT2D eigenvalue weighted by molar-refractivity contribution is 9.10. The Morgan fingerprint density at radius 2 is 2.18 bits per heavy atom. The molecule has 1 unspecified atom stereocenters. The van der Waals surface area contributed by atoms with Gasteiger partial charge in [0.1, 0.15) is 10.6 Å². The van der Waals surface area contributed by atoms with Crippen molar-refractivity contribution in [2.45, 2.75) is 25.1 Å². The number of benzene rings is 1. The quantitative estimate of drug-likeness (QED) is 0.598. The van der Waals surface area contributed by atoms with Crippen LogP contribution in [0, 0.1) is 12.7 Å². The summed E-state index contributed by atoms with van der Waals surface area (Å²) in [4.78, 5) is 11.1. The second-order valence-electron chi connectivity index (χ2n) is 3.62. The third-order valence-corrected chi connectivity index (χ3v) is 3.63. The number of hydrogen-bond acceptors (Lipinski definition) is 2. The maximum atomic E-state index is 13.2. The van der Waals surface area contributed by atoms with Gasteiger partial charge in [-0.3, -0.25) is 4.79 Å². The summed E-state index contributed by atoms with van der Waals surface area (Å²) in [6.07, 6.45) is 0.476. The molecule has 0 fully saturated rings. The van der Waals surface area contributed by atoms with Crippen molar-refractivity contribution in [3.63, 3.8) is 0 Å². The second kappa shape index (κ2) is 6.50. The molecule has 0 aliphatic heterocycles. The third kappa shape index (κ3) is 4.07. The summed E-state index contributed by atoms with van der Waals surface area (Å²) < 4.78 is 18.5. The average molecular weight is 368 g/mol. The van der Waals surface area contributed by atoms with Crippen molar-refractivity contribution < 1.29 is 13.9 Å². The van der Waals surface area contributed by atoms with Crippen LogP contribution in [0.1, 0.15) is 18.1 Å². The Labute approximate surface area is 117 Å². The summed E-state index contributed by atoms with van der Waals surface area (Å²) in [5, 5.41) is 0. The van der Waals surface area contributed by atoms with E-state index >= 15 is 0 Å². The van der Waals surface area contributed by atoms with Crippen molar-refractivity contribution >= 4 is 37.8 Å². The first kappa shape index (κ1) is 14.6. The maximum Gasteiger partial charge on any atom is 0.320 e. The van der Waals surface area contributed by atoms with Gasteiger partial charge in [-0.2, -0.15) is 0 Å². The Kier molecular flexibility index (Phi) is 5.59. The Hall–Kier alpha value is -0.420. The summed E-state index contributed by atoms with van der Waals surface area (Å²) in [7, 11) is 0. The van der Waals surface area contributed by atoms with Crippen molar-refractivity contribution in [2.75, 3.05) is 6.61 Å². The number of aryl methyl sites for hydroxylation is 1. The number of esters is 1. The molecule has 0 aliphatic carbocycles. The fourth-order valence-electron chi connectivity index (χ4n) is 1.42. The van der Waals surface area contributed by atoms with Gasteiger partial charge in [0.25, 0.3) is 0 Å². The van der Waals surface area contributed by atoms with E-state index in [1.807, 2.05) is 6.92 Å². The lowest BCUT2D eigenvalue weighted by Gasteiger charge is -2.11. The average Bonchev–Trinajstić information content (AvgIpc) is 2.26. The molecule has 94 valence electrons. The van der Waals surface area contributed by atoms with Crippen LogP contribution in [0.2, 0.25) is 0 Å². The largest absolute Gasteiger partial charge is 0.465 e. The molecule has 17 heavy (non-hydrogen) atoms.